The molecule has 4 nitrogen and oxygen atoms in total. The van der Waals surface area contributed by atoms with Gasteiger partial charge < -0.3 is 13.7 Å². The molecule has 0 radical (unpaired) electrons. The van der Waals surface area contributed by atoms with Crippen molar-refractivity contribution in [3.63, 3.8) is 0 Å². The molecule has 0 fully saturated rings. The van der Waals surface area contributed by atoms with Crippen molar-refractivity contribution in [2.45, 2.75) is 0 Å². The fraction of sp³-hybridized carbons (Fsp3) is 0. The van der Waals surface area contributed by atoms with Gasteiger partial charge in [0.05, 0.1) is 0 Å². The van der Waals surface area contributed by atoms with Gasteiger partial charge in [-0.3, -0.25) is 0 Å². The molecular formula is C43H26N2O2S. The van der Waals surface area contributed by atoms with E-state index in [0.717, 1.165) is 61.1 Å². The maximum atomic E-state index is 6.35. The Balaban J connectivity index is 1.17. The number of anilines is 3. The summed E-state index contributed by atoms with van der Waals surface area (Å²) in [7, 11) is 0. The summed E-state index contributed by atoms with van der Waals surface area (Å²) in [6.45, 7) is 0. The molecule has 10 rings (SSSR count). The molecule has 226 valence electrons. The number of fused-ring (bicyclic) bond motifs is 7. The van der Waals surface area contributed by atoms with Crippen LogP contribution in [0.1, 0.15) is 0 Å². The van der Waals surface area contributed by atoms with E-state index in [1.807, 2.05) is 42.5 Å². The minimum Gasteiger partial charge on any atom is -0.456 e. The highest BCUT2D eigenvalue weighted by Crippen LogP contribution is 2.45. The Morgan fingerprint density at radius 2 is 1.17 bits per heavy atom. The molecule has 3 heterocycles. The first-order valence-electron chi connectivity index (χ1n) is 15.9. The number of furan rings is 1. The molecule has 3 aromatic heterocycles. The Morgan fingerprint density at radius 3 is 2.04 bits per heavy atom. The third-order valence-electron chi connectivity index (χ3n) is 9.11. The first-order valence-corrected chi connectivity index (χ1v) is 16.8. The molecule has 0 amide bonds. The summed E-state index contributed by atoms with van der Waals surface area (Å²) < 4.78 is 15.0. The minimum atomic E-state index is 0.635. The van der Waals surface area contributed by atoms with Crippen molar-refractivity contribution in [1.82, 2.24) is 4.98 Å². The second-order valence-corrected chi connectivity index (χ2v) is 13.1. The molecule has 0 saturated heterocycles. The van der Waals surface area contributed by atoms with Crippen LogP contribution in [0.15, 0.2) is 167 Å². The monoisotopic (exact) mass is 634 g/mol. The maximum absolute atomic E-state index is 6.35. The van der Waals surface area contributed by atoms with Gasteiger partial charge in [0, 0.05) is 59.6 Å². The second kappa shape index (κ2) is 10.7. The molecule has 0 bridgehead atoms. The van der Waals surface area contributed by atoms with Crippen LogP contribution in [0.5, 0.6) is 0 Å². The Labute approximate surface area is 279 Å². The topological polar surface area (TPSA) is 42.4 Å². The van der Waals surface area contributed by atoms with Crippen LogP contribution in [0.2, 0.25) is 0 Å². The average Bonchev–Trinajstić information content (AvgIpc) is 3.85. The zero-order valence-corrected chi connectivity index (χ0v) is 26.4. The zero-order chi connectivity index (χ0) is 31.6. The van der Waals surface area contributed by atoms with Gasteiger partial charge in [0.1, 0.15) is 16.7 Å². The van der Waals surface area contributed by atoms with E-state index in [9.17, 15) is 0 Å². The predicted octanol–water partition coefficient (Wildman–Crippen LogP) is 12.9. The number of aromatic nitrogens is 1. The van der Waals surface area contributed by atoms with Crippen molar-refractivity contribution in [1.29, 1.82) is 0 Å². The number of benzene rings is 7. The van der Waals surface area contributed by atoms with Crippen LogP contribution in [0.3, 0.4) is 0 Å². The van der Waals surface area contributed by atoms with Crippen molar-refractivity contribution in [2.24, 2.45) is 0 Å². The third kappa shape index (κ3) is 4.33. The standard InChI is InChI=1S/C43H26N2O2S/c1-2-9-27(10-3-1)28-17-19-29(20-18-28)45(31-21-23-33-32-11-4-6-14-37(32)46-39(33)26-31)30-22-24-40-35(25-30)42-34(12-8-16-41(42)48-40)43-44-36-13-5-7-15-38(36)47-43/h1-26H. The zero-order valence-electron chi connectivity index (χ0n) is 25.6. The van der Waals surface area contributed by atoms with E-state index in [1.165, 1.54) is 25.9 Å². The number of nitrogens with zero attached hydrogens (tertiary/aromatic N) is 2. The van der Waals surface area contributed by atoms with Crippen LogP contribution in [0.4, 0.5) is 17.1 Å². The molecule has 0 aliphatic heterocycles. The minimum absolute atomic E-state index is 0.635. The van der Waals surface area contributed by atoms with Crippen LogP contribution in [0, 0.1) is 0 Å². The maximum Gasteiger partial charge on any atom is 0.227 e. The largest absolute Gasteiger partial charge is 0.456 e. The predicted molar refractivity (Wildman–Crippen MR) is 200 cm³/mol. The van der Waals surface area contributed by atoms with Crippen LogP contribution >= 0.6 is 11.3 Å². The molecule has 0 atom stereocenters. The van der Waals surface area contributed by atoms with Crippen LogP contribution < -0.4 is 4.90 Å². The number of oxazole rings is 1. The number of rotatable bonds is 5. The van der Waals surface area contributed by atoms with Gasteiger partial charge in [0.25, 0.3) is 0 Å². The first-order chi connectivity index (χ1) is 23.8. The summed E-state index contributed by atoms with van der Waals surface area (Å²) in [5.74, 6) is 0.635. The molecule has 5 heteroatoms. The van der Waals surface area contributed by atoms with Gasteiger partial charge in [-0.25, -0.2) is 4.98 Å². The molecule has 48 heavy (non-hydrogen) atoms. The lowest BCUT2D eigenvalue weighted by atomic mass is 10.0. The first kappa shape index (κ1) is 27.0. The normalized spacial score (nSPS) is 11.8. The van der Waals surface area contributed by atoms with Crippen molar-refractivity contribution in [2.75, 3.05) is 4.90 Å². The quantitative estimate of drug-likeness (QED) is 0.189. The summed E-state index contributed by atoms with van der Waals surface area (Å²) in [5.41, 5.74) is 9.89. The molecule has 10 aromatic rings. The van der Waals surface area contributed by atoms with E-state index in [1.54, 1.807) is 11.3 Å². The Kier molecular flexibility index (Phi) is 6.01. The number of hydrogen-bond donors (Lipinski definition) is 0. The number of thiophene rings is 1. The molecule has 7 aromatic carbocycles. The molecule has 0 spiro atoms. The van der Waals surface area contributed by atoms with Gasteiger partial charge in [-0.05, 0) is 83.9 Å². The highest BCUT2D eigenvalue weighted by Gasteiger charge is 2.20. The summed E-state index contributed by atoms with van der Waals surface area (Å²) in [6, 6.07) is 55.1. The smallest absolute Gasteiger partial charge is 0.227 e. The van der Waals surface area contributed by atoms with Crippen LogP contribution in [-0.2, 0) is 0 Å². The van der Waals surface area contributed by atoms with Crippen LogP contribution in [-0.4, -0.2) is 4.98 Å². The van der Waals surface area contributed by atoms with E-state index in [-0.39, 0.29) is 0 Å². The SMILES string of the molecule is c1ccc(-c2ccc(N(c3ccc4c(c3)oc3ccccc34)c3ccc4sc5cccc(-c6nc7ccccc7o6)c5c4c3)cc2)cc1. The molecule has 0 unspecified atom stereocenters. The number of para-hydroxylation sites is 3. The lowest BCUT2D eigenvalue weighted by molar-refractivity contribution is 0.620. The van der Waals surface area contributed by atoms with Gasteiger partial charge in [0.15, 0.2) is 5.58 Å². The molecule has 0 saturated carbocycles. The van der Waals surface area contributed by atoms with Crippen molar-refractivity contribution in [3.8, 4) is 22.6 Å². The fourth-order valence-electron chi connectivity index (χ4n) is 6.85. The molecular weight excluding hydrogens is 609 g/mol. The van der Waals surface area contributed by atoms with Gasteiger partial charge in [-0.2, -0.15) is 0 Å². The summed E-state index contributed by atoms with van der Waals surface area (Å²) in [6.07, 6.45) is 0. The lowest BCUT2D eigenvalue weighted by Crippen LogP contribution is -2.09. The molecule has 0 aliphatic carbocycles. The Morgan fingerprint density at radius 1 is 0.458 bits per heavy atom. The molecule has 0 aliphatic rings. The van der Waals surface area contributed by atoms with Crippen molar-refractivity contribution < 1.29 is 8.83 Å². The highest BCUT2D eigenvalue weighted by atomic mass is 32.1. The van der Waals surface area contributed by atoms with E-state index >= 15 is 0 Å². The summed E-state index contributed by atoms with van der Waals surface area (Å²) in [5, 5.41) is 4.55. The van der Waals surface area contributed by atoms with Crippen molar-refractivity contribution >= 4 is 81.6 Å². The summed E-state index contributed by atoms with van der Waals surface area (Å²) >= 11 is 1.79. The van der Waals surface area contributed by atoms with E-state index in [0.29, 0.717) is 5.89 Å². The Hall–Kier alpha value is -6.17. The second-order valence-electron chi connectivity index (χ2n) is 12.0. The van der Waals surface area contributed by atoms with E-state index in [2.05, 4.69) is 120 Å². The third-order valence-corrected chi connectivity index (χ3v) is 10.3. The Bertz CT molecular complexity index is 2760. The molecule has 0 N–H and O–H groups in total. The van der Waals surface area contributed by atoms with Gasteiger partial charge >= 0.3 is 0 Å². The fourth-order valence-corrected chi connectivity index (χ4v) is 7.97. The summed E-state index contributed by atoms with van der Waals surface area (Å²) in [4.78, 5) is 7.18. The van der Waals surface area contributed by atoms with E-state index < -0.39 is 0 Å². The number of hydrogen-bond acceptors (Lipinski definition) is 5. The van der Waals surface area contributed by atoms with E-state index in [4.69, 9.17) is 13.8 Å². The average molecular weight is 635 g/mol. The van der Waals surface area contributed by atoms with Gasteiger partial charge in [-0.1, -0.05) is 78.9 Å². The highest BCUT2D eigenvalue weighted by molar-refractivity contribution is 7.26. The lowest BCUT2D eigenvalue weighted by Gasteiger charge is -2.26. The van der Waals surface area contributed by atoms with Crippen molar-refractivity contribution in [3.05, 3.63) is 158 Å². The van der Waals surface area contributed by atoms with Crippen LogP contribution in [0.25, 0.3) is 75.8 Å². The van der Waals surface area contributed by atoms with Gasteiger partial charge in [0.2, 0.25) is 5.89 Å². The van der Waals surface area contributed by atoms with Gasteiger partial charge in [-0.15, -0.1) is 11.3 Å².